The molecule has 0 aliphatic carbocycles. The molecule has 2 aromatic rings. The highest BCUT2D eigenvalue weighted by Gasteiger charge is 2.43. The molecular formula is C12H16FN5O3. The van der Waals surface area contributed by atoms with Crippen molar-refractivity contribution in [2.45, 2.75) is 44.3 Å². The van der Waals surface area contributed by atoms with Crippen LogP contribution in [0, 0.1) is 6.08 Å². The molecule has 0 spiro atoms. The summed E-state index contributed by atoms with van der Waals surface area (Å²) in [6.07, 6.45) is -1.80. The Bertz CT molecular complexity index is 664. The fourth-order valence-corrected chi connectivity index (χ4v) is 2.58. The maximum Gasteiger partial charge on any atom is 0.312 e. The molecule has 0 saturated carbocycles. The zero-order valence-electron chi connectivity index (χ0n) is 11.3. The van der Waals surface area contributed by atoms with Gasteiger partial charge >= 0.3 is 6.08 Å². The van der Waals surface area contributed by atoms with Crippen molar-refractivity contribution in [2.75, 3.05) is 5.73 Å². The smallest absolute Gasteiger partial charge is 0.312 e. The summed E-state index contributed by atoms with van der Waals surface area (Å²) in [5.74, 6) is -0.0885. The van der Waals surface area contributed by atoms with Gasteiger partial charge in [0, 0.05) is 0 Å². The third kappa shape index (κ3) is 2.23. The SMILES string of the molecule is CCCC1OC(n2cnc3c(N)nc(F)nc32)C(O)C1O. The van der Waals surface area contributed by atoms with Crippen LogP contribution in [0.4, 0.5) is 10.2 Å². The summed E-state index contributed by atoms with van der Waals surface area (Å²) >= 11 is 0. The minimum Gasteiger partial charge on any atom is -0.388 e. The average Bonchev–Trinajstić information content (AvgIpc) is 2.96. The second-order valence-corrected chi connectivity index (χ2v) is 5.04. The van der Waals surface area contributed by atoms with E-state index in [1.54, 1.807) is 0 Å². The summed E-state index contributed by atoms with van der Waals surface area (Å²) < 4.78 is 20.3. The Morgan fingerprint density at radius 2 is 2.14 bits per heavy atom. The summed E-state index contributed by atoms with van der Waals surface area (Å²) in [5.41, 5.74) is 5.93. The molecule has 1 saturated heterocycles. The van der Waals surface area contributed by atoms with Gasteiger partial charge in [-0.1, -0.05) is 13.3 Å². The van der Waals surface area contributed by atoms with Gasteiger partial charge in [-0.3, -0.25) is 4.57 Å². The van der Waals surface area contributed by atoms with Crippen molar-refractivity contribution in [1.82, 2.24) is 19.5 Å². The van der Waals surface area contributed by atoms with E-state index in [2.05, 4.69) is 15.0 Å². The maximum atomic E-state index is 13.3. The van der Waals surface area contributed by atoms with Crippen molar-refractivity contribution in [3.63, 3.8) is 0 Å². The van der Waals surface area contributed by atoms with Gasteiger partial charge < -0.3 is 20.7 Å². The van der Waals surface area contributed by atoms with E-state index >= 15 is 0 Å². The van der Waals surface area contributed by atoms with Crippen molar-refractivity contribution in [1.29, 1.82) is 0 Å². The first-order valence-corrected chi connectivity index (χ1v) is 6.70. The number of rotatable bonds is 3. The second-order valence-electron chi connectivity index (χ2n) is 5.04. The number of halogens is 1. The van der Waals surface area contributed by atoms with Gasteiger partial charge in [0.05, 0.1) is 12.4 Å². The van der Waals surface area contributed by atoms with Crippen LogP contribution in [0.15, 0.2) is 6.33 Å². The highest BCUT2D eigenvalue weighted by Crippen LogP contribution is 2.33. The standard InChI is InChI=1S/C12H16FN5O3/c1-2-3-5-7(19)8(20)11(21-5)18-4-15-6-9(14)16-12(13)17-10(6)18/h4-5,7-8,11,19-20H,2-3H2,1H3,(H2,14,16,17). The minimum atomic E-state index is -1.15. The van der Waals surface area contributed by atoms with Crippen molar-refractivity contribution in [3.8, 4) is 0 Å². The number of imidazole rings is 1. The number of hydrogen-bond donors (Lipinski definition) is 3. The van der Waals surface area contributed by atoms with Crippen LogP contribution in [0.5, 0.6) is 0 Å². The van der Waals surface area contributed by atoms with Crippen LogP contribution in [-0.4, -0.2) is 48.0 Å². The van der Waals surface area contributed by atoms with Crippen LogP contribution in [0.3, 0.4) is 0 Å². The van der Waals surface area contributed by atoms with Crippen LogP contribution < -0.4 is 5.73 Å². The molecule has 1 aliphatic rings. The molecule has 4 unspecified atom stereocenters. The van der Waals surface area contributed by atoms with Crippen LogP contribution in [-0.2, 0) is 4.74 Å². The molecule has 1 aliphatic heterocycles. The summed E-state index contributed by atoms with van der Waals surface area (Å²) in [6.45, 7) is 1.95. The number of nitrogens with two attached hydrogens (primary N) is 1. The first-order valence-electron chi connectivity index (χ1n) is 6.70. The number of aromatic nitrogens is 4. The lowest BCUT2D eigenvalue weighted by atomic mass is 10.1. The summed E-state index contributed by atoms with van der Waals surface area (Å²) in [6, 6.07) is 0. The molecule has 4 atom stereocenters. The van der Waals surface area contributed by atoms with E-state index in [9.17, 15) is 14.6 Å². The van der Waals surface area contributed by atoms with Gasteiger partial charge in [-0.2, -0.15) is 14.4 Å². The van der Waals surface area contributed by atoms with Gasteiger partial charge in [-0.25, -0.2) is 4.98 Å². The van der Waals surface area contributed by atoms with E-state index < -0.39 is 30.6 Å². The van der Waals surface area contributed by atoms with Gasteiger partial charge in [0.1, 0.15) is 12.2 Å². The highest BCUT2D eigenvalue weighted by molar-refractivity contribution is 5.81. The molecule has 4 N–H and O–H groups in total. The van der Waals surface area contributed by atoms with Crippen molar-refractivity contribution in [2.24, 2.45) is 0 Å². The topological polar surface area (TPSA) is 119 Å². The molecule has 1 fully saturated rings. The lowest BCUT2D eigenvalue weighted by molar-refractivity contribution is -0.0370. The summed E-state index contributed by atoms with van der Waals surface area (Å²) in [5, 5.41) is 20.1. The molecule has 0 aromatic carbocycles. The molecule has 9 heteroatoms. The van der Waals surface area contributed by atoms with E-state index in [0.29, 0.717) is 6.42 Å². The minimum absolute atomic E-state index is 0.0885. The van der Waals surface area contributed by atoms with Crippen LogP contribution in [0.2, 0.25) is 0 Å². The fraction of sp³-hybridized carbons (Fsp3) is 0.583. The molecule has 2 aromatic heterocycles. The number of aliphatic hydroxyl groups excluding tert-OH is 2. The van der Waals surface area contributed by atoms with Crippen LogP contribution in [0.25, 0.3) is 11.2 Å². The van der Waals surface area contributed by atoms with Crippen molar-refractivity contribution in [3.05, 3.63) is 12.4 Å². The van der Waals surface area contributed by atoms with E-state index in [-0.39, 0.29) is 17.0 Å². The van der Waals surface area contributed by atoms with Crippen molar-refractivity contribution >= 4 is 17.0 Å². The normalized spacial score (nSPS) is 29.3. The average molecular weight is 297 g/mol. The zero-order valence-corrected chi connectivity index (χ0v) is 11.3. The zero-order chi connectivity index (χ0) is 15.1. The van der Waals surface area contributed by atoms with Gasteiger partial charge in [-0.05, 0) is 6.42 Å². The second kappa shape index (κ2) is 5.17. The predicted octanol–water partition coefficient (Wildman–Crippen LogP) is -0.0331. The summed E-state index contributed by atoms with van der Waals surface area (Å²) in [7, 11) is 0. The Balaban J connectivity index is 2.01. The Hall–Kier alpha value is -1.84. The number of hydrogen-bond acceptors (Lipinski definition) is 7. The Morgan fingerprint density at radius 1 is 1.38 bits per heavy atom. The quantitative estimate of drug-likeness (QED) is 0.680. The third-order valence-electron chi connectivity index (χ3n) is 3.61. The van der Waals surface area contributed by atoms with E-state index in [1.165, 1.54) is 10.9 Å². The van der Waals surface area contributed by atoms with Crippen molar-refractivity contribution < 1.29 is 19.3 Å². The first-order chi connectivity index (χ1) is 10.0. The largest absolute Gasteiger partial charge is 0.388 e. The molecule has 0 amide bonds. The number of aliphatic hydroxyl groups is 2. The third-order valence-corrected chi connectivity index (χ3v) is 3.61. The molecule has 0 radical (unpaired) electrons. The van der Waals surface area contributed by atoms with E-state index in [1.807, 2.05) is 6.92 Å². The molecule has 21 heavy (non-hydrogen) atoms. The highest BCUT2D eigenvalue weighted by atomic mass is 19.1. The lowest BCUT2D eigenvalue weighted by Crippen LogP contribution is -2.31. The molecule has 114 valence electrons. The van der Waals surface area contributed by atoms with Crippen LogP contribution in [0.1, 0.15) is 26.0 Å². The Kier molecular flexibility index (Phi) is 3.47. The van der Waals surface area contributed by atoms with E-state index in [0.717, 1.165) is 6.42 Å². The predicted molar refractivity (Wildman–Crippen MR) is 70.5 cm³/mol. The fourth-order valence-electron chi connectivity index (χ4n) is 2.58. The number of ether oxygens (including phenoxy) is 1. The lowest BCUT2D eigenvalue weighted by Gasteiger charge is -2.16. The summed E-state index contributed by atoms with van der Waals surface area (Å²) in [4.78, 5) is 11.0. The van der Waals surface area contributed by atoms with E-state index in [4.69, 9.17) is 10.5 Å². The molecular weight excluding hydrogens is 281 g/mol. The Morgan fingerprint density at radius 3 is 2.86 bits per heavy atom. The Labute approximate surface area is 119 Å². The van der Waals surface area contributed by atoms with Gasteiger partial charge in [0.2, 0.25) is 0 Å². The number of nitrogens with zero attached hydrogens (tertiary/aromatic N) is 4. The molecule has 0 bridgehead atoms. The number of anilines is 1. The monoisotopic (exact) mass is 297 g/mol. The maximum absolute atomic E-state index is 13.3. The molecule has 3 rings (SSSR count). The first kappa shape index (κ1) is 14.1. The number of nitrogen functional groups attached to an aromatic ring is 1. The van der Waals surface area contributed by atoms with Gasteiger partial charge in [0.25, 0.3) is 0 Å². The molecule has 3 heterocycles. The van der Waals surface area contributed by atoms with Gasteiger partial charge in [0.15, 0.2) is 23.2 Å². The van der Waals surface area contributed by atoms with Crippen LogP contribution >= 0.6 is 0 Å². The van der Waals surface area contributed by atoms with Gasteiger partial charge in [-0.15, -0.1) is 0 Å². The molecule has 8 nitrogen and oxygen atoms in total. The number of fused-ring (bicyclic) bond motifs is 1.